The Morgan fingerprint density at radius 3 is 1.28 bits per heavy atom. The van der Waals surface area contributed by atoms with E-state index in [0.29, 0.717) is 19.3 Å². The summed E-state index contributed by atoms with van der Waals surface area (Å²) in [6.45, 7) is 4.58. The zero-order chi connectivity index (χ0) is 47.7. The Labute approximate surface area is 399 Å². The molecule has 0 bridgehead atoms. The summed E-state index contributed by atoms with van der Waals surface area (Å²) in [5.74, 6) is -1.50. The van der Waals surface area contributed by atoms with Gasteiger partial charge in [0.15, 0.2) is 12.1 Å². The number of hydrogen-bond donors (Lipinski definition) is 1. The largest absolute Gasteiger partial charge is 0.477 e. The molecule has 1 N–H and O–H groups in total. The van der Waals surface area contributed by atoms with Crippen LogP contribution in [0.25, 0.3) is 0 Å². The van der Waals surface area contributed by atoms with Gasteiger partial charge in [-0.2, -0.15) is 0 Å². The second-order valence-electron chi connectivity index (χ2n) is 18.4. The van der Waals surface area contributed by atoms with E-state index in [9.17, 15) is 19.5 Å². The van der Waals surface area contributed by atoms with Crippen molar-refractivity contribution in [2.45, 2.75) is 219 Å². The first-order valence-corrected chi connectivity index (χ1v) is 26.1. The van der Waals surface area contributed by atoms with Crippen molar-refractivity contribution in [3.63, 3.8) is 0 Å². The molecule has 0 saturated carbocycles. The van der Waals surface area contributed by atoms with Gasteiger partial charge in [-0.05, 0) is 89.9 Å². The summed E-state index contributed by atoms with van der Waals surface area (Å²) < 4.78 is 17.3. The summed E-state index contributed by atoms with van der Waals surface area (Å²) in [5.41, 5.74) is 0. The molecule has 8 nitrogen and oxygen atoms in total. The summed E-state index contributed by atoms with van der Waals surface area (Å²) in [6, 6.07) is -0.623. The lowest BCUT2D eigenvalue weighted by Gasteiger charge is -2.31. The van der Waals surface area contributed by atoms with Gasteiger partial charge < -0.3 is 23.8 Å². The van der Waals surface area contributed by atoms with Crippen molar-refractivity contribution in [3.8, 4) is 0 Å². The van der Waals surface area contributed by atoms with E-state index in [2.05, 4.69) is 98.9 Å². The van der Waals surface area contributed by atoms with E-state index in [-0.39, 0.29) is 36.2 Å². The number of carbonyl (C=O) groups excluding carboxylic acids is 2. The molecule has 0 aliphatic rings. The van der Waals surface area contributed by atoms with Crippen molar-refractivity contribution < 1.29 is 38.2 Å². The Morgan fingerprint density at radius 2 is 0.862 bits per heavy atom. The molecule has 0 rings (SSSR count). The Balaban J connectivity index is 4.28. The second kappa shape index (κ2) is 47.0. The number of rotatable bonds is 46. The molecule has 0 aromatic rings. The van der Waals surface area contributed by atoms with Crippen LogP contribution in [0.4, 0.5) is 0 Å². The molecular weight excluding hydrogens is 811 g/mol. The molecule has 0 amide bonds. The molecule has 8 heteroatoms. The van der Waals surface area contributed by atoms with Gasteiger partial charge in [-0.1, -0.05) is 182 Å². The average molecular weight is 909 g/mol. The van der Waals surface area contributed by atoms with Gasteiger partial charge in [0.05, 0.1) is 34.4 Å². The molecule has 0 heterocycles. The van der Waals surface area contributed by atoms with Crippen LogP contribution in [0.2, 0.25) is 0 Å². The number of allylic oxidation sites excluding steroid dienone is 14. The predicted molar refractivity (Wildman–Crippen MR) is 275 cm³/mol. The van der Waals surface area contributed by atoms with Gasteiger partial charge in [0, 0.05) is 19.3 Å². The van der Waals surface area contributed by atoms with Crippen molar-refractivity contribution in [3.05, 3.63) is 85.1 Å². The van der Waals surface area contributed by atoms with E-state index in [0.717, 1.165) is 96.3 Å². The van der Waals surface area contributed by atoms with Crippen molar-refractivity contribution in [1.82, 2.24) is 0 Å². The molecule has 0 fully saturated rings. The summed E-state index contributed by atoms with van der Waals surface area (Å²) >= 11 is 0. The van der Waals surface area contributed by atoms with Crippen LogP contribution in [0.1, 0.15) is 206 Å². The summed E-state index contributed by atoms with van der Waals surface area (Å²) in [4.78, 5) is 37.2. The fourth-order valence-electron chi connectivity index (χ4n) is 7.27. The number of unbranched alkanes of at least 4 members (excludes halogenated alkanes) is 18. The molecular formula is C57H98NO7+. The van der Waals surface area contributed by atoms with Crippen LogP contribution in [-0.4, -0.2) is 80.6 Å². The van der Waals surface area contributed by atoms with E-state index in [1.165, 1.54) is 77.0 Å². The molecule has 0 saturated heterocycles. The van der Waals surface area contributed by atoms with Gasteiger partial charge >= 0.3 is 17.9 Å². The molecule has 0 aliphatic carbocycles. The number of carboxylic acid groups (broad SMARTS) is 1. The topological polar surface area (TPSA) is 99.1 Å². The zero-order valence-electron chi connectivity index (χ0n) is 42.4. The lowest BCUT2D eigenvalue weighted by atomic mass is 10.1. The van der Waals surface area contributed by atoms with E-state index < -0.39 is 18.1 Å². The smallest absolute Gasteiger partial charge is 0.362 e. The maximum Gasteiger partial charge on any atom is 0.362 e. The van der Waals surface area contributed by atoms with E-state index in [1.54, 1.807) is 0 Å². The normalized spacial score (nSPS) is 13.6. The third-order valence-electron chi connectivity index (χ3n) is 11.3. The van der Waals surface area contributed by atoms with Crippen molar-refractivity contribution >= 4 is 17.9 Å². The lowest BCUT2D eigenvalue weighted by molar-refractivity contribution is -0.887. The van der Waals surface area contributed by atoms with Crippen LogP contribution in [0.15, 0.2) is 85.1 Å². The fraction of sp³-hybridized carbons (Fsp3) is 0.702. The molecule has 65 heavy (non-hydrogen) atoms. The SMILES string of the molecule is CC/C=C/C/C=C/C/C=C/C/C=C/CCCCCCCCC(=O)OC(COCCC(C(=O)O)[N+](C)(C)C)COC(=O)CCCCCCCCCCC/C=C/C/C=C/C/C=C/CCCCC. The molecule has 2 unspecified atom stereocenters. The number of likely N-dealkylation sites (N-methyl/N-ethyl adjacent to an activating group) is 1. The third-order valence-corrected chi connectivity index (χ3v) is 11.3. The lowest BCUT2D eigenvalue weighted by Crippen LogP contribution is -2.50. The monoisotopic (exact) mass is 909 g/mol. The summed E-state index contributed by atoms with van der Waals surface area (Å²) in [5, 5.41) is 9.66. The standard InChI is InChI=1S/C57H97NO7/c1-6-8-10-12-14-16-18-20-22-24-26-27-28-30-31-33-35-37-39-41-43-45-47-55(59)64-52-53(51-63-50-49-54(57(61)62)58(3,4)5)65-56(60)48-46-44-42-40-38-36-34-32-29-25-23-21-19-17-15-13-11-9-7-2/h9,11,14-17,20-23,26-27,29,32,53-54H,6-8,10,12-13,18-19,24-25,28,30-31,33-52H2,1-5H3/p+1/b11-9+,16-14+,17-15+,22-20+,23-21+,27-26+,32-29+. The van der Waals surface area contributed by atoms with E-state index in [4.69, 9.17) is 14.2 Å². The third kappa shape index (κ3) is 45.5. The van der Waals surface area contributed by atoms with E-state index in [1.807, 2.05) is 21.1 Å². The molecule has 0 spiro atoms. The highest BCUT2D eigenvalue weighted by molar-refractivity contribution is 5.72. The van der Waals surface area contributed by atoms with Crippen molar-refractivity contribution in [2.24, 2.45) is 0 Å². The van der Waals surface area contributed by atoms with Gasteiger partial charge in [-0.15, -0.1) is 0 Å². The number of quaternary nitrogens is 1. The Bertz CT molecular complexity index is 1330. The summed E-state index contributed by atoms with van der Waals surface area (Å²) in [7, 11) is 5.52. The Kier molecular flexibility index (Phi) is 44.5. The van der Waals surface area contributed by atoms with Gasteiger partial charge in [-0.3, -0.25) is 9.59 Å². The summed E-state index contributed by atoms with van der Waals surface area (Å²) in [6.07, 6.45) is 62.0. The molecule has 0 radical (unpaired) electrons. The predicted octanol–water partition coefficient (Wildman–Crippen LogP) is 15.3. The highest BCUT2D eigenvalue weighted by Gasteiger charge is 2.31. The number of nitrogens with zero attached hydrogens (tertiary/aromatic N) is 1. The Hall–Kier alpha value is -3.49. The van der Waals surface area contributed by atoms with Crippen LogP contribution >= 0.6 is 0 Å². The molecule has 2 atom stereocenters. The highest BCUT2D eigenvalue weighted by atomic mass is 16.6. The number of hydrogen-bond acceptors (Lipinski definition) is 6. The number of carbonyl (C=O) groups is 3. The first-order chi connectivity index (χ1) is 31.6. The minimum absolute atomic E-state index is 0.0493. The van der Waals surface area contributed by atoms with E-state index >= 15 is 0 Å². The first kappa shape index (κ1) is 61.5. The number of ether oxygens (including phenoxy) is 3. The highest BCUT2D eigenvalue weighted by Crippen LogP contribution is 2.14. The quantitative estimate of drug-likeness (QED) is 0.0281. The minimum Gasteiger partial charge on any atom is -0.477 e. The van der Waals surface area contributed by atoms with Crippen LogP contribution in [0.3, 0.4) is 0 Å². The van der Waals surface area contributed by atoms with Crippen molar-refractivity contribution in [1.29, 1.82) is 0 Å². The number of esters is 2. The maximum atomic E-state index is 12.8. The fourth-order valence-corrected chi connectivity index (χ4v) is 7.27. The minimum atomic E-state index is -0.880. The van der Waals surface area contributed by atoms with Gasteiger partial charge in [-0.25, -0.2) is 4.79 Å². The van der Waals surface area contributed by atoms with Crippen LogP contribution in [0, 0.1) is 0 Å². The van der Waals surface area contributed by atoms with Crippen molar-refractivity contribution in [2.75, 3.05) is 41.0 Å². The van der Waals surface area contributed by atoms with Gasteiger partial charge in [0.25, 0.3) is 0 Å². The second-order valence-corrected chi connectivity index (χ2v) is 18.4. The Morgan fingerprint density at radius 1 is 0.477 bits per heavy atom. The molecule has 0 aliphatic heterocycles. The number of aliphatic carboxylic acids is 1. The van der Waals surface area contributed by atoms with Gasteiger partial charge in [0.2, 0.25) is 0 Å². The van der Waals surface area contributed by atoms with Crippen LogP contribution < -0.4 is 0 Å². The van der Waals surface area contributed by atoms with Gasteiger partial charge in [0.1, 0.15) is 6.61 Å². The van der Waals surface area contributed by atoms with Crippen LogP contribution in [0.5, 0.6) is 0 Å². The molecule has 0 aromatic carbocycles. The average Bonchev–Trinajstić information content (AvgIpc) is 3.27. The zero-order valence-corrected chi connectivity index (χ0v) is 42.4. The molecule has 372 valence electrons. The first-order valence-electron chi connectivity index (χ1n) is 26.1. The number of carboxylic acids is 1. The maximum absolute atomic E-state index is 12.8. The molecule has 0 aromatic heterocycles. The van der Waals surface area contributed by atoms with Crippen LogP contribution in [-0.2, 0) is 28.6 Å².